The number of aromatic nitrogens is 1. The normalized spacial score (nSPS) is 10.4. The number of amides is 2. The highest BCUT2D eigenvalue weighted by molar-refractivity contribution is 7.09. The van der Waals surface area contributed by atoms with Crippen molar-refractivity contribution in [3.8, 4) is 5.75 Å². The van der Waals surface area contributed by atoms with Gasteiger partial charge in [0.1, 0.15) is 23.2 Å². The number of carbonyl (C=O) groups is 2. The van der Waals surface area contributed by atoms with Crippen LogP contribution in [0.25, 0.3) is 0 Å². The molecule has 0 fully saturated rings. The Balaban J connectivity index is 1.53. The summed E-state index contributed by atoms with van der Waals surface area (Å²) in [5, 5.41) is 5.20. The van der Waals surface area contributed by atoms with Gasteiger partial charge >= 0.3 is 0 Å². The third kappa shape index (κ3) is 5.35. The fourth-order valence-electron chi connectivity index (χ4n) is 2.29. The van der Waals surface area contributed by atoms with Crippen molar-refractivity contribution in [2.45, 2.75) is 13.0 Å². The molecule has 0 spiro atoms. The van der Waals surface area contributed by atoms with Gasteiger partial charge in [-0.15, -0.1) is 11.3 Å². The maximum Gasteiger partial charge on any atom is 0.248 e. The van der Waals surface area contributed by atoms with Gasteiger partial charge in [-0.3, -0.25) is 9.59 Å². The monoisotopic (exact) mass is 385 g/mol. The molecular formula is C19H16FN3O3S. The van der Waals surface area contributed by atoms with Crippen molar-refractivity contribution in [1.29, 1.82) is 0 Å². The molecule has 0 aliphatic heterocycles. The molecule has 2 amide bonds. The molecule has 0 aliphatic rings. The SMILES string of the molecule is NC(=O)c1cccc(NC(=O)Cc2csc(COc3ccc(F)cc3)n2)c1. The highest BCUT2D eigenvalue weighted by atomic mass is 32.1. The fourth-order valence-corrected chi connectivity index (χ4v) is 3.00. The zero-order valence-corrected chi connectivity index (χ0v) is 15.0. The minimum atomic E-state index is -0.559. The van der Waals surface area contributed by atoms with E-state index in [1.807, 2.05) is 0 Å². The first kappa shape index (κ1) is 18.5. The van der Waals surface area contributed by atoms with Crippen LogP contribution in [-0.4, -0.2) is 16.8 Å². The summed E-state index contributed by atoms with van der Waals surface area (Å²) in [5.74, 6) is -0.601. The summed E-state index contributed by atoms with van der Waals surface area (Å²) < 4.78 is 18.4. The van der Waals surface area contributed by atoms with Crippen LogP contribution in [0.1, 0.15) is 21.1 Å². The van der Waals surface area contributed by atoms with Gasteiger partial charge in [-0.25, -0.2) is 9.37 Å². The van der Waals surface area contributed by atoms with Crippen molar-refractivity contribution in [1.82, 2.24) is 4.98 Å². The lowest BCUT2D eigenvalue weighted by Crippen LogP contribution is -2.16. The second-order valence-corrected chi connectivity index (χ2v) is 6.59. The Morgan fingerprint density at radius 2 is 1.96 bits per heavy atom. The summed E-state index contributed by atoms with van der Waals surface area (Å²) in [6.45, 7) is 0.235. The molecule has 8 heteroatoms. The minimum Gasteiger partial charge on any atom is -0.486 e. The summed E-state index contributed by atoms with van der Waals surface area (Å²) in [7, 11) is 0. The zero-order valence-electron chi connectivity index (χ0n) is 14.1. The summed E-state index contributed by atoms with van der Waals surface area (Å²) in [5.41, 5.74) is 6.65. The van der Waals surface area contributed by atoms with Gasteiger partial charge < -0.3 is 15.8 Å². The van der Waals surface area contributed by atoms with Crippen LogP contribution < -0.4 is 15.8 Å². The lowest BCUT2D eigenvalue weighted by atomic mass is 10.2. The molecule has 2 aromatic carbocycles. The Labute approximate surface area is 158 Å². The number of nitrogens with zero attached hydrogens (tertiary/aromatic N) is 1. The summed E-state index contributed by atoms with van der Waals surface area (Å²) in [6.07, 6.45) is 0.0911. The van der Waals surface area contributed by atoms with Crippen LogP contribution in [0.15, 0.2) is 53.9 Å². The Bertz CT molecular complexity index is 957. The van der Waals surface area contributed by atoms with Crippen molar-refractivity contribution in [2.75, 3.05) is 5.32 Å². The summed E-state index contributed by atoms with van der Waals surface area (Å²) in [4.78, 5) is 27.7. The van der Waals surface area contributed by atoms with E-state index in [0.29, 0.717) is 27.7 Å². The van der Waals surface area contributed by atoms with E-state index in [0.717, 1.165) is 0 Å². The number of benzene rings is 2. The second kappa shape index (κ2) is 8.41. The number of rotatable bonds is 7. The molecule has 3 N–H and O–H groups in total. The number of ether oxygens (including phenoxy) is 1. The number of primary amides is 1. The first-order chi connectivity index (χ1) is 13.0. The zero-order chi connectivity index (χ0) is 19.2. The molecule has 3 aromatic rings. The van der Waals surface area contributed by atoms with E-state index in [2.05, 4.69) is 10.3 Å². The van der Waals surface area contributed by atoms with E-state index in [1.54, 1.807) is 23.6 Å². The van der Waals surface area contributed by atoms with Gasteiger partial charge in [0.2, 0.25) is 11.8 Å². The van der Waals surface area contributed by atoms with E-state index in [-0.39, 0.29) is 24.8 Å². The molecule has 0 unspecified atom stereocenters. The average Bonchev–Trinajstić information content (AvgIpc) is 3.08. The topological polar surface area (TPSA) is 94.3 Å². The van der Waals surface area contributed by atoms with Crippen LogP contribution in [0.4, 0.5) is 10.1 Å². The highest BCUT2D eigenvalue weighted by Crippen LogP contribution is 2.17. The lowest BCUT2D eigenvalue weighted by Gasteiger charge is -2.05. The Morgan fingerprint density at radius 1 is 1.19 bits per heavy atom. The van der Waals surface area contributed by atoms with Crippen LogP contribution in [0.5, 0.6) is 5.75 Å². The fraction of sp³-hybridized carbons (Fsp3) is 0.105. The largest absolute Gasteiger partial charge is 0.486 e. The second-order valence-electron chi connectivity index (χ2n) is 5.65. The number of nitrogens with two attached hydrogens (primary N) is 1. The Morgan fingerprint density at radius 3 is 2.70 bits per heavy atom. The lowest BCUT2D eigenvalue weighted by molar-refractivity contribution is -0.115. The number of halogens is 1. The van der Waals surface area contributed by atoms with E-state index < -0.39 is 5.91 Å². The van der Waals surface area contributed by atoms with Crippen molar-refractivity contribution < 1.29 is 18.7 Å². The first-order valence-electron chi connectivity index (χ1n) is 8.01. The quantitative estimate of drug-likeness (QED) is 0.653. The summed E-state index contributed by atoms with van der Waals surface area (Å²) in [6, 6.07) is 12.1. The number of hydrogen-bond donors (Lipinski definition) is 2. The van der Waals surface area contributed by atoms with Gasteiger partial charge in [0, 0.05) is 16.6 Å². The van der Waals surface area contributed by atoms with Gasteiger partial charge in [0.15, 0.2) is 0 Å². The van der Waals surface area contributed by atoms with E-state index in [4.69, 9.17) is 10.5 Å². The van der Waals surface area contributed by atoms with Gasteiger partial charge in [-0.1, -0.05) is 6.07 Å². The summed E-state index contributed by atoms with van der Waals surface area (Å²) >= 11 is 1.38. The molecule has 0 atom stereocenters. The van der Waals surface area contributed by atoms with Crippen molar-refractivity contribution in [2.24, 2.45) is 5.73 Å². The van der Waals surface area contributed by atoms with Gasteiger partial charge in [0.25, 0.3) is 0 Å². The first-order valence-corrected chi connectivity index (χ1v) is 8.89. The number of hydrogen-bond acceptors (Lipinski definition) is 5. The van der Waals surface area contributed by atoms with Crippen LogP contribution in [-0.2, 0) is 17.8 Å². The van der Waals surface area contributed by atoms with Crippen LogP contribution in [0, 0.1) is 5.82 Å². The standard InChI is InChI=1S/C19H16FN3O3S/c20-13-4-6-16(7-5-13)26-10-18-23-15(11-27-18)9-17(24)22-14-3-1-2-12(8-14)19(21)25/h1-8,11H,9-10H2,(H2,21,25)(H,22,24). The van der Waals surface area contributed by atoms with Gasteiger partial charge in [0.05, 0.1) is 12.1 Å². The van der Waals surface area contributed by atoms with Crippen molar-refractivity contribution >= 4 is 28.8 Å². The van der Waals surface area contributed by atoms with E-state index >= 15 is 0 Å². The molecule has 1 aromatic heterocycles. The number of nitrogens with one attached hydrogen (secondary N) is 1. The van der Waals surface area contributed by atoms with Crippen LogP contribution in [0.3, 0.4) is 0 Å². The maximum absolute atomic E-state index is 12.9. The molecule has 138 valence electrons. The van der Waals surface area contributed by atoms with Gasteiger partial charge in [-0.2, -0.15) is 0 Å². The molecule has 0 saturated heterocycles. The van der Waals surface area contributed by atoms with E-state index in [9.17, 15) is 14.0 Å². The molecular weight excluding hydrogens is 369 g/mol. The molecule has 0 aliphatic carbocycles. The molecule has 27 heavy (non-hydrogen) atoms. The molecule has 6 nitrogen and oxygen atoms in total. The predicted octanol–water partition coefficient (Wildman–Crippen LogP) is 3.14. The predicted molar refractivity (Wildman–Crippen MR) is 100 cm³/mol. The molecule has 1 heterocycles. The number of anilines is 1. The van der Waals surface area contributed by atoms with Gasteiger partial charge in [-0.05, 0) is 42.5 Å². The molecule has 0 bridgehead atoms. The number of carbonyl (C=O) groups excluding carboxylic acids is 2. The van der Waals surface area contributed by atoms with Crippen molar-refractivity contribution in [3.63, 3.8) is 0 Å². The third-order valence-corrected chi connectivity index (χ3v) is 4.42. The molecule has 0 radical (unpaired) electrons. The maximum atomic E-state index is 12.9. The van der Waals surface area contributed by atoms with Crippen LogP contribution in [0.2, 0.25) is 0 Å². The number of thiazole rings is 1. The third-order valence-electron chi connectivity index (χ3n) is 3.55. The Kier molecular flexibility index (Phi) is 5.77. The Hall–Kier alpha value is -3.26. The average molecular weight is 385 g/mol. The van der Waals surface area contributed by atoms with Crippen LogP contribution >= 0.6 is 11.3 Å². The smallest absolute Gasteiger partial charge is 0.248 e. The highest BCUT2D eigenvalue weighted by Gasteiger charge is 2.10. The molecule has 0 saturated carbocycles. The minimum absolute atomic E-state index is 0.0911. The van der Waals surface area contributed by atoms with Crippen molar-refractivity contribution in [3.05, 3.63) is 76.0 Å². The van der Waals surface area contributed by atoms with E-state index in [1.165, 1.54) is 41.7 Å². The molecule has 3 rings (SSSR count).